The summed E-state index contributed by atoms with van der Waals surface area (Å²) in [4.78, 5) is 25.8. The van der Waals surface area contributed by atoms with Gasteiger partial charge in [-0.05, 0) is 26.2 Å². The number of nitrogens with zero attached hydrogens (tertiary/aromatic N) is 3. The van der Waals surface area contributed by atoms with Gasteiger partial charge in [-0.2, -0.15) is 5.10 Å². The summed E-state index contributed by atoms with van der Waals surface area (Å²) in [6, 6.07) is 1.66. The van der Waals surface area contributed by atoms with Crippen molar-refractivity contribution in [2.24, 2.45) is 7.05 Å². The fourth-order valence-corrected chi connectivity index (χ4v) is 2.29. The first-order valence-electron chi connectivity index (χ1n) is 7.76. The number of aromatic nitrogens is 2. The molecular weight excluding hydrogens is 284 g/mol. The van der Waals surface area contributed by atoms with E-state index >= 15 is 0 Å². The average Bonchev–Trinajstić information content (AvgIpc) is 3.14. The van der Waals surface area contributed by atoms with E-state index in [2.05, 4.69) is 10.4 Å². The van der Waals surface area contributed by atoms with Crippen LogP contribution in [0.15, 0.2) is 6.07 Å². The Morgan fingerprint density at radius 2 is 2.09 bits per heavy atom. The van der Waals surface area contributed by atoms with Crippen LogP contribution in [0.1, 0.15) is 43.6 Å². The van der Waals surface area contributed by atoms with Gasteiger partial charge in [0.15, 0.2) is 12.3 Å². The topological polar surface area (TPSA) is 76.5 Å². The molecule has 0 aliphatic carbocycles. The molecule has 2 heterocycles. The van der Waals surface area contributed by atoms with Crippen molar-refractivity contribution in [1.82, 2.24) is 20.0 Å². The molecule has 0 radical (unpaired) electrons. The number of nitrogens with one attached hydrogen (secondary N) is 1. The number of ether oxygens (including phenoxy) is 1. The summed E-state index contributed by atoms with van der Waals surface area (Å²) in [5, 5.41) is 6.98. The van der Waals surface area contributed by atoms with Crippen molar-refractivity contribution in [3.8, 4) is 5.88 Å². The maximum absolute atomic E-state index is 12.0. The van der Waals surface area contributed by atoms with Gasteiger partial charge in [-0.25, -0.2) is 4.68 Å². The second-order valence-corrected chi connectivity index (χ2v) is 5.65. The van der Waals surface area contributed by atoms with E-state index in [1.54, 1.807) is 18.0 Å². The van der Waals surface area contributed by atoms with Crippen LogP contribution < -0.4 is 10.1 Å². The summed E-state index contributed by atoms with van der Waals surface area (Å²) in [6.45, 7) is 5.52. The molecule has 22 heavy (non-hydrogen) atoms. The van der Waals surface area contributed by atoms with Gasteiger partial charge in [0.25, 0.3) is 11.8 Å². The van der Waals surface area contributed by atoms with E-state index in [1.165, 1.54) is 4.68 Å². The number of hydrogen-bond donors (Lipinski definition) is 1. The Labute approximate surface area is 130 Å². The van der Waals surface area contributed by atoms with E-state index < -0.39 is 0 Å². The molecule has 0 spiro atoms. The molecule has 1 atom stereocenters. The highest BCUT2D eigenvalue weighted by Gasteiger charge is 2.20. The molecule has 1 aliphatic heterocycles. The fourth-order valence-electron chi connectivity index (χ4n) is 2.29. The molecule has 0 saturated carbocycles. The minimum Gasteiger partial charge on any atom is -0.468 e. The zero-order chi connectivity index (χ0) is 16.1. The van der Waals surface area contributed by atoms with E-state index in [-0.39, 0.29) is 24.5 Å². The molecule has 2 amide bonds. The van der Waals surface area contributed by atoms with E-state index in [4.69, 9.17) is 4.74 Å². The predicted molar refractivity (Wildman–Crippen MR) is 81.7 cm³/mol. The molecular formula is C15H24N4O3. The Kier molecular flexibility index (Phi) is 5.41. The number of hydrogen-bond acceptors (Lipinski definition) is 4. The third-order valence-electron chi connectivity index (χ3n) is 3.86. The van der Waals surface area contributed by atoms with Crippen molar-refractivity contribution < 1.29 is 14.3 Å². The lowest BCUT2D eigenvalue weighted by Gasteiger charge is -2.15. The molecule has 7 nitrogen and oxygen atoms in total. The van der Waals surface area contributed by atoms with Crippen LogP contribution in [0.4, 0.5) is 0 Å². The third kappa shape index (κ3) is 3.99. The first kappa shape index (κ1) is 16.3. The quantitative estimate of drug-likeness (QED) is 0.849. The molecule has 1 N–H and O–H groups in total. The second-order valence-electron chi connectivity index (χ2n) is 5.65. The number of likely N-dealkylation sites (tertiary alicyclic amines) is 1. The molecule has 1 aliphatic rings. The monoisotopic (exact) mass is 308 g/mol. The first-order chi connectivity index (χ1) is 10.5. The summed E-state index contributed by atoms with van der Waals surface area (Å²) in [5.41, 5.74) is 0.298. The van der Waals surface area contributed by atoms with Gasteiger partial charge in [0.05, 0.1) is 0 Å². The number of amides is 2. The average molecular weight is 308 g/mol. The van der Waals surface area contributed by atoms with E-state index in [0.717, 1.165) is 32.4 Å². The summed E-state index contributed by atoms with van der Waals surface area (Å²) in [6.07, 6.45) is 2.96. The Hall–Kier alpha value is -2.05. The minimum atomic E-state index is -0.231. The van der Waals surface area contributed by atoms with Crippen LogP contribution in [-0.4, -0.2) is 52.2 Å². The minimum absolute atomic E-state index is 0.0219. The predicted octanol–water partition coefficient (Wildman–Crippen LogP) is 0.950. The zero-order valence-corrected chi connectivity index (χ0v) is 13.5. The summed E-state index contributed by atoms with van der Waals surface area (Å²) in [7, 11) is 1.69. The molecule has 1 fully saturated rings. The molecule has 1 aromatic rings. The van der Waals surface area contributed by atoms with Crippen molar-refractivity contribution in [2.75, 3.05) is 19.7 Å². The number of carbonyl (C=O) groups excluding carboxylic acids is 2. The largest absolute Gasteiger partial charge is 0.468 e. The van der Waals surface area contributed by atoms with Gasteiger partial charge in [-0.3, -0.25) is 9.59 Å². The van der Waals surface area contributed by atoms with Gasteiger partial charge in [-0.15, -0.1) is 0 Å². The summed E-state index contributed by atoms with van der Waals surface area (Å²) < 4.78 is 6.98. The smallest absolute Gasteiger partial charge is 0.272 e. The van der Waals surface area contributed by atoms with Gasteiger partial charge >= 0.3 is 0 Å². The number of carbonyl (C=O) groups is 2. The van der Waals surface area contributed by atoms with Crippen molar-refractivity contribution in [3.05, 3.63) is 11.8 Å². The maximum Gasteiger partial charge on any atom is 0.272 e. The van der Waals surface area contributed by atoms with Crippen molar-refractivity contribution in [1.29, 1.82) is 0 Å². The zero-order valence-electron chi connectivity index (χ0n) is 13.5. The van der Waals surface area contributed by atoms with Gasteiger partial charge in [-0.1, -0.05) is 6.92 Å². The Morgan fingerprint density at radius 1 is 1.41 bits per heavy atom. The summed E-state index contributed by atoms with van der Waals surface area (Å²) in [5.74, 6) is 0.164. The molecule has 0 unspecified atom stereocenters. The first-order valence-corrected chi connectivity index (χ1v) is 7.76. The molecule has 122 valence electrons. The molecule has 0 aromatic carbocycles. The van der Waals surface area contributed by atoms with Crippen LogP contribution in [0.3, 0.4) is 0 Å². The lowest BCUT2D eigenvalue weighted by Crippen LogP contribution is -2.32. The van der Waals surface area contributed by atoms with E-state index in [0.29, 0.717) is 11.6 Å². The molecule has 1 saturated heterocycles. The van der Waals surface area contributed by atoms with Gasteiger partial charge < -0.3 is 15.0 Å². The van der Waals surface area contributed by atoms with Crippen LogP contribution in [-0.2, 0) is 11.8 Å². The van der Waals surface area contributed by atoms with Crippen LogP contribution in [0.25, 0.3) is 0 Å². The number of aryl methyl sites for hydroxylation is 1. The molecule has 7 heteroatoms. The van der Waals surface area contributed by atoms with Gasteiger partial charge in [0.1, 0.15) is 0 Å². The van der Waals surface area contributed by atoms with Crippen molar-refractivity contribution >= 4 is 11.8 Å². The lowest BCUT2D eigenvalue weighted by molar-refractivity contribution is -0.132. The summed E-state index contributed by atoms with van der Waals surface area (Å²) >= 11 is 0. The Bertz CT molecular complexity index is 535. The number of rotatable bonds is 6. The highest BCUT2D eigenvalue weighted by Crippen LogP contribution is 2.13. The standard InChI is InChI=1S/C15H24N4O3/c1-4-11(2)16-15(21)12-9-14(18(3)17-12)22-10-13(20)19-7-5-6-8-19/h9,11H,4-8,10H2,1-3H3,(H,16,21)/t11-/m1/s1. The Morgan fingerprint density at radius 3 is 2.73 bits per heavy atom. The van der Waals surface area contributed by atoms with Crippen molar-refractivity contribution in [2.45, 2.75) is 39.2 Å². The van der Waals surface area contributed by atoms with Gasteiger partial charge in [0.2, 0.25) is 5.88 Å². The SMILES string of the molecule is CC[C@@H](C)NC(=O)c1cc(OCC(=O)N2CCCC2)n(C)n1. The van der Waals surface area contributed by atoms with Crippen LogP contribution in [0.5, 0.6) is 5.88 Å². The van der Waals surface area contributed by atoms with Crippen LogP contribution >= 0.6 is 0 Å². The van der Waals surface area contributed by atoms with Crippen LogP contribution in [0.2, 0.25) is 0 Å². The second kappa shape index (κ2) is 7.29. The van der Waals surface area contributed by atoms with Crippen LogP contribution in [0, 0.1) is 0 Å². The van der Waals surface area contributed by atoms with Gasteiger partial charge in [0, 0.05) is 32.2 Å². The van der Waals surface area contributed by atoms with E-state index in [1.807, 2.05) is 13.8 Å². The lowest BCUT2D eigenvalue weighted by atomic mass is 10.2. The fraction of sp³-hybridized carbons (Fsp3) is 0.667. The van der Waals surface area contributed by atoms with E-state index in [9.17, 15) is 9.59 Å². The highest BCUT2D eigenvalue weighted by molar-refractivity contribution is 5.92. The molecule has 1 aromatic heterocycles. The maximum atomic E-state index is 12.0. The molecule has 0 bridgehead atoms. The Balaban J connectivity index is 1.91. The molecule has 2 rings (SSSR count). The normalized spacial score (nSPS) is 15.7. The van der Waals surface area contributed by atoms with Crippen molar-refractivity contribution in [3.63, 3.8) is 0 Å². The third-order valence-corrected chi connectivity index (χ3v) is 3.86. The highest BCUT2D eigenvalue weighted by atomic mass is 16.5.